The molecule has 0 radical (unpaired) electrons. The molecule has 2 rings (SSSR count). The first-order valence-electron chi connectivity index (χ1n) is 10.2. The van der Waals surface area contributed by atoms with Crippen molar-refractivity contribution < 1.29 is 14.6 Å². The molecule has 1 heterocycles. The van der Waals surface area contributed by atoms with E-state index in [1.807, 2.05) is 17.0 Å². The Morgan fingerprint density at radius 1 is 1.22 bits per heavy atom. The largest absolute Gasteiger partial charge is 0.497 e. The second-order valence-corrected chi connectivity index (χ2v) is 7.95. The molecule has 27 heavy (non-hydrogen) atoms. The van der Waals surface area contributed by atoms with E-state index < -0.39 is 0 Å². The summed E-state index contributed by atoms with van der Waals surface area (Å²) in [4.78, 5) is 16.8. The third kappa shape index (κ3) is 6.82. The maximum Gasteiger partial charge on any atom is 0.222 e. The number of hydrogen-bond acceptors (Lipinski definition) is 4. The van der Waals surface area contributed by atoms with Crippen molar-refractivity contribution in [3.63, 3.8) is 0 Å². The zero-order chi connectivity index (χ0) is 19.8. The maximum atomic E-state index is 12.4. The molecule has 1 atom stereocenters. The van der Waals surface area contributed by atoms with Crippen LogP contribution >= 0.6 is 0 Å². The van der Waals surface area contributed by atoms with E-state index in [4.69, 9.17) is 4.74 Å². The van der Waals surface area contributed by atoms with Crippen molar-refractivity contribution in [2.45, 2.75) is 71.1 Å². The number of likely N-dealkylation sites (tertiary alicyclic amines) is 1. The smallest absolute Gasteiger partial charge is 0.222 e. The van der Waals surface area contributed by atoms with Crippen LogP contribution in [0.15, 0.2) is 24.3 Å². The number of methoxy groups -OCH3 is 1. The number of amides is 1. The summed E-state index contributed by atoms with van der Waals surface area (Å²) in [5.41, 5.74) is 1.30. The summed E-state index contributed by atoms with van der Waals surface area (Å²) in [6.45, 7) is 9.02. The van der Waals surface area contributed by atoms with Gasteiger partial charge in [0.1, 0.15) is 5.75 Å². The summed E-state index contributed by atoms with van der Waals surface area (Å²) in [6.07, 6.45) is 3.65. The molecule has 0 aromatic heterocycles. The van der Waals surface area contributed by atoms with Gasteiger partial charge in [0.25, 0.3) is 0 Å². The minimum absolute atomic E-state index is 0.230. The second kappa shape index (κ2) is 10.7. The highest BCUT2D eigenvalue weighted by Gasteiger charge is 2.22. The number of aliphatic hydroxyl groups is 1. The minimum Gasteiger partial charge on any atom is -0.497 e. The lowest BCUT2D eigenvalue weighted by Crippen LogP contribution is -2.42. The molecule has 0 bridgehead atoms. The minimum atomic E-state index is -0.232. The van der Waals surface area contributed by atoms with Crippen molar-refractivity contribution in [1.82, 2.24) is 9.80 Å². The predicted octanol–water partition coefficient (Wildman–Crippen LogP) is 3.10. The molecular weight excluding hydrogens is 340 g/mol. The van der Waals surface area contributed by atoms with Gasteiger partial charge in [-0.3, -0.25) is 9.69 Å². The van der Waals surface area contributed by atoms with Gasteiger partial charge in [-0.25, -0.2) is 0 Å². The molecule has 1 amide bonds. The summed E-state index contributed by atoms with van der Waals surface area (Å²) in [7, 11) is 1.69. The Hall–Kier alpha value is -1.59. The second-order valence-electron chi connectivity index (χ2n) is 7.95. The molecule has 1 saturated heterocycles. The van der Waals surface area contributed by atoms with Gasteiger partial charge in [-0.05, 0) is 70.7 Å². The number of hydrogen-bond donors (Lipinski definition) is 1. The van der Waals surface area contributed by atoms with Gasteiger partial charge in [-0.2, -0.15) is 0 Å². The van der Waals surface area contributed by atoms with Gasteiger partial charge in [0.2, 0.25) is 5.91 Å². The van der Waals surface area contributed by atoms with Gasteiger partial charge in [0.15, 0.2) is 0 Å². The van der Waals surface area contributed by atoms with Crippen LogP contribution in [0.25, 0.3) is 0 Å². The van der Waals surface area contributed by atoms with Gasteiger partial charge in [0.05, 0.1) is 13.2 Å². The van der Waals surface area contributed by atoms with Gasteiger partial charge in [0, 0.05) is 31.6 Å². The number of carbonyl (C=O) groups is 1. The fourth-order valence-corrected chi connectivity index (χ4v) is 3.89. The van der Waals surface area contributed by atoms with Gasteiger partial charge in [-0.1, -0.05) is 12.1 Å². The summed E-state index contributed by atoms with van der Waals surface area (Å²) < 4.78 is 5.23. The number of rotatable bonds is 9. The summed E-state index contributed by atoms with van der Waals surface area (Å²) in [5.74, 6) is 1.12. The molecule has 0 saturated carbocycles. The van der Waals surface area contributed by atoms with E-state index in [-0.39, 0.29) is 12.0 Å². The Labute approximate surface area is 164 Å². The van der Waals surface area contributed by atoms with E-state index in [2.05, 4.69) is 37.8 Å². The van der Waals surface area contributed by atoms with E-state index >= 15 is 0 Å². The molecule has 1 fully saturated rings. The van der Waals surface area contributed by atoms with E-state index in [0.29, 0.717) is 44.4 Å². The number of ether oxygens (including phenoxy) is 1. The van der Waals surface area contributed by atoms with Crippen LogP contribution < -0.4 is 4.74 Å². The predicted molar refractivity (Wildman–Crippen MR) is 109 cm³/mol. The third-order valence-corrected chi connectivity index (χ3v) is 5.54. The summed E-state index contributed by atoms with van der Waals surface area (Å²) in [5, 5.41) is 9.58. The SMILES string of the molecule is COc1ccc(CC(C)N(CCCC(=O)N2CCC(O)CC2)C(C)C)cc1. The zero-order valence-electron chi connectivity index (χ0n) is 17.4. The van der Waals surface area contributed by atoms with Gasteiger partial charge < -0.3 is 14.7 Å². The van der Waals surface area contributed by atoms with Gasteiger partial charge >= 0.3 is 0 Å². The van der Waals surface area contributed by atoms with Crippen LogP contribution in [-0.2, 0) is 11.2 Å². The number of piperidine rings is 1. The molecule has 0 spiro atoms. The number of carbonyl (C=O) groups excluding carboxylic acids is 1. The first kappa shape index (κ1) is 21.7. The Bertz CT molecular complexity index is 565. The molecule has 1 N–H and O–H groups in total. The molecule has 1 aromatic carbocycles. The van der Waals surface area contributed by atoms with E-state index in [9.17, 15) is 9.90 Å². The Morgan fingerprint density at radius 2 is 1.85 bits per heavy atom. The van der Waals surface area contributed by atoms with Crippen molar-refractivity contribution >= 4 is 5.91 Å². The molecule has 152 valence electrons. The van der Waals surface area contributed by atoms with Crippen LogP contribution in [0.1, 0.15) is 52.0 Å². The monoisotopic (exact) mass is 376 g/mol. The molecule has 1 aliphatic rings. The first-order chi connectivity index (χ1) is 12.9. The molecular formula is C22H36N2O3. The average Bonchev–Trinajstić information content (AvgIpc) is 2.65. The van der Waals surface area contributed by atoms with Crippen molar-refractivity contribution in [2.24, 2.45) is 0 Å². The molecule has 1 aliphatic heterocycles. The van der Waals surface area contributed by atoms with Crippen molar-refractivity contribution in [3.05, 3.63) is 29.8 Å². The van der Waals surface area contributed by atoms with Crippen molar-refractivity contribution in [2.75, 3.05) is 26.7 Å². The highest BCUT2D eigenvalue weighted by Crippen LogP contribution is 2.17. The fraction of sp³-hybridized carbons (Fsp3) is 0.682. The topological polar surface area (TPSA) is 53.0 Å². The highest BCUT2D eigenvalue weighted by molar-refractivity contribution is 5.76. The number of benzene rings is 1. The quantitative estimate of drug-likeness (QED) is 0.720. The third-order valence-electron chi connectivity index (χ3n) is 5.54. The first-order valence-corrected chi connectivity index (χ1v) is 10.2. The number of aliphatic hydroxyl groups excluding tert-OH is 1. The normalized spacial score (nSPS) is 16.8. The van der Waals surface area contributed by atoms with E-state index in [0.717, 1.165) is 25.1 Å². The summed E-state index contributed by atoms with van der Waals surface area (Å²) >= 11 is 0. The molecule has 1 unspecified atom stereocenters. The molecule has 5 heteroatoms. The average molecular weight is 377 g/mol. The fourth-order valence-electron chi connectivity index (χ4n) is 3.89. The number of nitrogens with zero attached hydrogens (tertiary/aromatic N) is 2. The standard InChI is InChI=1S/C22H36N2O3/c1-17(2)24(18(3)16-19-7-9-21(27-4)10-8-19)13-5-6-22(26)23-14-11-20(25)12-15-23/h7-10,17-18,20,25H,5-6,11-16H2,1-4H3. The van der Waals surface area contributed by atoms with Crippen molar-refractivity contribution in [1.29, 1.82) is 0 Å². The van der Waals surface area contributed by atoms with Crippen molar-refractivity contribution in [3.8, 4) is 5.75 Å². The highest BCUT2D eigenvalue weighted by atomic mass is 16.5. The van der Waals surface area contributed by atoms with Crippen LogP contribution in [0, 0.1) is 0 Å². The van der Waals surface area contributed by atoms with Crippen LogP contribution in [-0.4, -0.2) is 65.7 Å². The molecule has 0 aliphatic carbocycles. The molecule has 5 nitrogen and oxygen atoms in total. The Kier molecular flexibility index (Phi) is 8.58. The summed E-state index contributed by atoms with van der Waals surface area (Å²) in [6, 6.07) is 9.13. The van der Waals surface area contributed by atoms with Crippen LogP contribution in [0.3, 0.4) is 0 Å². The van der Waals surface area contributed by atoms with Gasteiger partial charge in [-0.15, -0.1) is 0 Å². The van der Waals surface area contributed by atoms with Crippen LogP contribution in [0.5, 0.6) is 5.75 Å². The lowest BCUT2D eigenvalue weighted by molar-refractivity contribution is -0.133. The van der Waals surface area contributed by atoms with E-state index in [1.54, 1.807) is 7.11 Å². The Balaban J connectivity index is 1.80. The lowest BCUT2D eigenvalue weighted by atomic mass is 10.0. The van der Waals surface area contributed by atoms with Crippen LogP contribution in [0.4, 0.5) is 0 Å². The maximum absolute atomic E-state index is 12.4. The molecule has 1 aromatic rings. The van der Waals surface area contributed by atoms with Crippen LogP contribution in [0.2, 0.25) is 0 Å². The Morgan fingerprint density at radius 3 is 2.41 bits per heavy atom. The lowest BCUT2D eigenvalue weighted by Gasteiger charge is -2.33. The zero-order valence-corrected chi connectivity index (χ0v) is 17.4. The van der Waals surface area contributed by atoms with E-state index in [1.165, 1.54) is 5.56 Å².